The molecule has 0 bridgehead atoms. The first kappa shape index (κ1) is 11.4. The van der Waals surface area contributed by atoms with Gasteiger partial charge in [-0.25, -0.2) is 4.79 Å². The zero-order chi connectivity index (χ0) is 11.7. The Bertz CT molecular complexity index is 546. The molecule has 0 aliphatic rings. The maximum Gasteiger partial charge on any atom is 0.336 e. The van der Waals surface area contributed by atoms with Crippen LogP contribution in [-0.2, 0) is 0 Å². The molecule has 2 nitrogen and oxygen atoms in total. The summed E-state index contributed by atoms with van der Waals surface area (Å²) in [7, 11) is 0. The van der Waals surface area contributed by atoms with Crippen molar-refractivity contribution in [3.05, 3.63) is 45.2 Å². The average molecular weight is 297 g/mol. The predicted octanol–water partition coefficient (Wildman–Crippen LogP) is 4.18. The fourth-order valence-electron chi connectivity index (χ4n) is 1.50. The number of rotatable bonds is 2. The quantitative estimate of drug-likeness (QED) is 0.902. The number of carboxylic acid groups (broad SMARTS) is 1. The molecule has 0 unspecified atom stereocenters. The summed E-state index contributed by atoms with van der Waals surface area (Å²) in [5.41, 5.74) is 2.42. The minimum absolute atomic E-state index is 0.297. The standard InChI is InChI=1S/C12H9BrO2S/c1-7-4-5-16-11(7)8-2-3-10(13)9(6-8)12(14)15/h2-6H,1H3,(H,14,15). The van der Waals surface area contributed by atoms with Gasteiger partial charge < -0.3 is 5.11 Å². The lowest BCUT2D eigenvalue weighted by Crippen LogP contribution is -1.97. The van der Waals surface area contributed by atoms with E-state index in [0.717, 1.165) is 10.4 Å². The molecular weight excluding hydrogens is 288 g/mol. The third-order valence-corrected chi connectivity index (χ3v) is 4.08. The second kappa shape index (κ2) is 4.39. The minimum Gasteiger partial charge on any atom is -0.478 e. The van der Waals surface area contributed by atoms with Crippen LogP contribution in [0.4, 0.5) is 0 Å². The molecule has 0 aliphatic heterocycles. The first-order valence-corrected chi connectivity index (χ1v) is 6.34. The molecule has 2 rings (SSSR count). The fraction of sp³-hybridized carbons (Fsp3) is 0.0833. The van der Waals surface area contributed by atoms with Gasteiger partial charge in [0.25, 0.3) is 0 Å². The van der Waals surface area contributed by atoms with E-state index < -0.39 is 5.97 Å². The number of benzene rings is 1. The summed E-state index contributed by atoms with van der Waals surface area (Å²) >= 11 is 4.86. The highest BCUT2D eigenvalue weighted by Gasteiger charge is 2.11. The Kier molecular flexibility index (Phi) is 3.12. The van der Waals surface area contributed by atoms with Crippen LogP contribution in [0, 0.1) is 6.92 Å². The Morgan fingerprint density at radius 2 is 2.12 bits per heavy atom. The number of halogens is 1. The second-order valence-corrected chi connectivity index (χ2v) is 5.20. The third-order valence-electron chi connectivity index (χ3n) is 2.32. The summed E-state index contributed by atoms with van der Waals surface area (Å²) in [5, 5.41) is 11.0. The van der Waals surface area contributed by atoms with E-state index in [2.05, 4.69) is 15.9 Å². The van der Waals surface area contributed by atoms with Gasteiger partial charge in [0.15, 0.2) is 0 Å². The van der Waals surface area contributed by atoms with Crippen LogP contribution in [0.2, 0.25) is 0 Å². The van der Waals surface area contributed by atoms with Gasteiger partial charge in [-0.15, -0.1) is 11.3 Å². The topological polar surface area (TPSA) is 37.3 Å². The van der Waals surface area contributed by atoms with Crippen LogP contribution in [0.5, 0.6) is 0 Å². The number of aryl methyl sites for hydroxylation is 1. The van der Waals surface area contributed by atoms with E-state index in [-0.39, 0.29) is 0 Å². The summed E-state index contributed by atoms with van der Waals surface area (Å²) in [6.45, 7) is 2.02. The van der Waals surface area contributed by atoms with Crippen LogP contribution in [0.3, 0.4) is 0 Å². The minimum atomic E-state index is -0.914. The molecule has 1 aromatic carbocycles. The first-order valence-electron chi connectivity index (χ1n) is 4.67. The van der Waals surface area contributed by atoms with Crippen molar-refractivity contribution in [2.75, 3.05) is 0 Å². The molecule has 1 N–H and O–H groups in total. The Morgan fingerprint density at radius 1 is 1.38 bits per heavy atom. The number of hydrogen-bond acceptors (Lipinski definition) is 2. The molecule has 0 spiro atoms. The lowest BCUT2D eigenvalue weighted by Gasteiger charge is -2.04. The van der Waals surface area contributed by atoms with Crippen LogP contribution >= 0.6 is 27.3 Å². The average Bonchev–Trinajstić information content (AvgIpc) is 2.65. The van der Waals surface area contributed by atoms with Crippen LogP contribution in [-0.4, -0.2) is 11.1 Å². The first-order chi connectivity index (χ1) is 7.59. The van der Waals surface area contributed by atoms with Gasteiger partial charge in [-0.2, -0.15) is 0 Å². The van der Waals surface area contributed by atoms with Gasteiger partial charge in [0.05, 0.1) is 5.56 Å². The molecule has 82 valence electrons. The highest BCUT2D eigenvalue weighted by atomic mass is 79.9. The molecule has 0 fully saturated rings. The monoisotopic (exact) mass is 296 g/mol. The maximum absolute atomic E-state index is 11.0. The predicted molar refractivity (Wildman–Crippen MR) is 69.2 cm³/mol. The van der Waals surface area contributed by atoms with Crippen LogP contribution in [0.25, 0.3) is 10.4 Å². The van der Waals surface area contributed by atoms with E-state index in [9.17, 15) is 4.79 Å². The van der Waals surface area contributed by atoms with E-state index in [1.165, 1.54) is 5.56 Å². The largest absolute Gasteiger partial charge is 0.478 e. The number of thiophene rings is 1. The molecule has 0 radical (unpaired) electrons. The van der Waals surface area contributed by atoms with E-state index in [0.29, 0.717) is 10.0 Å². The number of carbonyl (C=O) groups is 1. The summed E-state index contributed by atoms with van der Waals surface area (Å²) in [4.78, 5) is 12.1. The molecular formula is C12H9BrO2S. The smallest absolute Gasteiger partial charge is 0.336 e. The summed E-state index contributed by atoms with van der Waals surface area (Å²) in [6.07, 6.45) is 0. The molecule has 0 atom stereocenters. The Balaban J connectivity index is 2.56. The molecule has 0 aliphatic carbocycles. The normalized spacial score (nSPS) is 10.4. The molecule has 0 amide bonds. The van der Waals surface area contributed by atoms with Crippen molar-refractivity contribution in [3.8, 4) is 10.4 Å². The second-order valence-electron chi connectivity index (χ2n) is 3.43. The Labute approximate surface area is 106 Å². The van der Waals surface area contributed by atoms with Gasteiger partial charge in [-0.05, 0) is 57.6 Å². The molecule has 4 heteroatoms. The summed E-state index contributed by atoms with van der Waals surface area (Å²) in [5.74, 6) is -0.914. The van der Waals surface area contributed by atoms with Gasteiger partial charge >= 0.3 is 5.97 Å². The zero-order valence-electron chi connectivity index (χ0n) is 8.53. The van der Waals surface area contributed by atoms with Crippen LogP contribution < -0.4 is 0 Å². The Morgan fingerprint density at radius 3 is 2.69 bits per heavy atom. The van der Waals surface area contributed by atoms with Gasteiger partial charge in [0.2, 0.25) is 0 Å². The van der Waals surface area contributed by atoms with Crippen molar-refractivity contribution < 1.29 is 9.90 Å². The van der Waals surface area contributed by atoms with Crippen molar-refractivity contribution in [3.63, 3.8) is 0 Å². The molecule has 0 saturated carbocycles. The van der Waals surface area contributed by atoms with Crippen molar-refractivity contribution >= 4 is 33.2 Å². The van der Waals surface area contributed by atoms with E-state index in [4.69, 9.17) is 5.11 Å². The van der Waals surface area contributed by atoms with Gasteiger partial charge in [0, 0.05) is 9.35 Å². The van der Waals surface area contributed by atoms with Crippen LogP contribution in [0.15, 0.2) is 34.1 Å². The highest BCUT2D eigenvalue weighted by Crippen LogP contribution is 2.31. The summed E-state index contributed by atoms with van der Waals surface area (Å²) < 4.78 is 0.609. The third kappa shape index (κ3) is 2.03. The molecule has 1 aromatic heterocycles. The molecule has 1 heterocycles. The van der Waals surface area contributed by atoms with Crippen molar-refractivity contribution in [1.82, 2.24) is 0 Å². The van der Waals surface area contributed by atoms with Crippen molar-refractivity contribution in [2.24, 2.45) is 0 Å². The lowest BCUT2D eigenvalue weighted by atomic mass is 10.1. The van der Waals surface area contributed by atoms with Crippen molar-refractivity contribution in [2.45, 2.75) is 6.92 Å². The zero-order valence-corrected chi connectivity index (χ0v) is 10.9. The van der Waals surface area contributed by atoms with Gasteiger partial charge in [-0.1, -0.05) is 6.07 Å². The molecule has 16 heavy (non-hydrogen) atoms. The Hall–Kier alpha value is -1.13. The number of carboxylic acids is 1. The van der Waals surface area contributed by atoms with E-state index in [1.54, 1.807) is 23.5 Å². The van der Waals surface area contributed by atoms with E-state index in [1.807, 2.05) is 24.4 Å². The molecule has 2 aromatic rings. The highest BCUT2D eigenvalue weighted by molar-refractivity contribution is 9.10. The molecule has 0 saturated heterocycles. The van der Waals surface area contributed by atoms with Crippen molar-refractivity contribution in [1.29, 1.82) is 0 Å². The van der Waals surface area contributed by atoms with Gasteiger partial charge in [-0.3, -0.25) is 0 Å². The number of aromatic carboxylic acids is 1. The van der Waals surface area contributed by atoms with E-state index >= 15 is 0 Å². The lowest BCUT2D eigenvalue weighted by molar-refractivity contribution is 0.0696. The SMILES string of the molecule is Cc1ccsc1-c1ccc(Br)c(C(=O)O)c1. The fourth-order valence-corrected chi connectivity index (χ4v) is 2.84. The number of hydrogen-bond donors (Lipinski definition) is 1. The van der Waals surface area contributed by atoms with Crippen LogP contribution in [0.1, 0.15) is 15.9 Å². The van der Waals surface area contributed by atoms with Gasteiger partial charge in [0.1, 0.15) is 0 Å². The maximum atomic E-state index is 11.0. The summed E-state index contributed by atoms with van der Waals surface area (Å²) in [6, 6.07) is 7.43.